The van der Waals surface area contributed by atoms with Gasteiger partial charge in [-0.05, 0) is 29.1 Å². The molecule has 0 radical (unpaired) electrons. The maximum Gasteiger partial charge on any atom is 0.234 e. The average molecular weight is 479 g/mol. The molecule has 5 rings (SSSR count). The summed E-state index contributed by atoms with van der Waals surface area (Å²) < 4.78 is 13.4. The normalized spacial score (nSPS) is 12.8. The zero-order valence-electron chi connectivity index (χ0n) is 17.8. The van der Waals surface area contributed by atoms with Gasteiger partial charge < -0.3 is 14.8 Å². The third-order valence-electron chi connectivity index (χ3n) is 5.01. The summed E-state index contributed by atoms with van der Waals surface area (Å²) in [7, 11) is 0. The largest absolute Gasteiger partial charge is 0.490 e. The van der Waals surface area contributed by atoms with E-state index in [2.05, 4.69) is 32.2 Å². The number of fused-ring (bicyclic) bond motifs is 1. The van der Waals surface area contributed by atoms with Crippen LogP contribution < -0.4 is 14.8 Å². The van der Waals surface area contributed by atoms with Gasteiger partial charge >= 0.3 is 0 Å². The summed E-state index contributed by atoms with van der Waals surface area (Å²) in [5, 5.41) is 14.5. The summed E-state index contributed by atoms with van der Waals surface area (Å²) in [4.78, 5) is 13.7. The van der Waals surface area contributed by atoms with Crippen molar-refractivity contribution in [1.29, 1.82) is 0 Å². The number of anilines is 1. The highest BCUT2D eigenvalue weighted by atomic mass is 32.2. The van der Waals surface area contributed by atoms with Crippen molar-refractivity contribution in [1.82, 2.24) is 14.8 Å². The van der Waals surface area contributed by atoms with Crippen LogP contribution in [0.3, 0.4) is 0 Å². The molecule has 2 aromatic heterocycles. The molecule has 168 valence electrons. The van der Waals surface area contributed by atoms with E-state index < -0.39 is 0 Å². The summed E-state index contributed by atoms with van der Waals surface area (Å²) in [6.07, 6.45) is 0.837. The Kier molecular flexibility index (Phi) is 6.59. The summed E-state index contributed by atoms with van der Waals surface area (Å²) in [6, 6.07) is 19.6. The molecular formula is C24H22N4O3S2. The predicted molar refractivity (Wildman–Crippen MR) is 130 cm³/mol. The van der Waals surface area contributed by atoms with Crippen LogP contribution in [-0.2, 0) is 11.3 Å². The Balaban J connectivity index is 1.29. The first-order valence-electron chi connectivity index (χ1n) is 10.6. The van der Waals surface area contributed by atoms with E-state index in [9.17, 15) is 4.79 Å². The van der Waals surface area contributed by atoms with Gasteiger partial charge in [0.2, 0.25) is 5.91 Å². The van der Waals surface area contributed by atoms with E-state index in [-0.39, 0.29) is 11.7 Å². The summed E-state index contributed by atoms with van der Waals surface area (Å²) in [6.45, 7) is 1.86. The molecule has 1 N–H and O–H groups in total. The number of thiophene rings is 1. The molecule has 1 amide bonds. The second-order valence-electron chi connectivity index (χ2n) is 7.40. The second kappa shape index (κ2) is 10.1. The lowest BCUT2D eigenvalue weighted by atomic mass is 10.2. The van der Waals surface area contributed by atoms with Crippen LogP contribution in [0.15, 0.2) is 71.2 Å². The number of amides is 1. The van der Waals surface area contributed by atoms with Crippen LogP contribution in [0.4, 0.5) is 5.69 Å². The zero-order valence-corrected chi connectivity index (χ0v) is 19.4. The molecule has 9 heteroatoms. The zero-order chi connectivity index (χ0) is 22.5. The molecule has 0 fully saturated rings. The van der Waals surface area contributed by atoms with E-state index in [4.69, 9.17) is 9.47 Å². The quantitative estimate of drug-likeness (QED) is 0.379. The molecule has 3 heterocycles. The lowest BCUT2D eigenvalue weighted by Crippen LogP contribution is -2.15. The molecule has 0 saturated heterocycles. The highest BCUT2D eigenvalue weighted by Crippen LogP contribution is 2.32. The monoisotopic (exact) mass is 478 g/mol. The minimum Gasteiger partial charge on any atom is -0.490 e. The highest BCUT2D eigenvalue weighted by Gasteiger charge is 2.17. The molecule has 1 aliphatic heterocycles. The number of aromatic nitrogens is 3. The van der Waals surface area contributed by atoms with Gasteiger partial charge in [-0.15, -0.1) is 21.5 Å². The summed E-state index contributed by atoms with van der Waals surface area (Å²) in [5.74, 6) is 2.25. The number of nitrogens with one attached hydrogen (secondary N) is 1. The van der Waals surface area contributed by atoms with Gasteiger partial charge in [0.25, 0.3) is 0 Å². The molecule has 0 spiro atoms. The molecule has 0 aliphatic carbocycles. The standard InChI is InChI=1S/C24H22N4O3S2/c29-22(25-18-9-10-19-20(14-18)31-12-5-11-30-19)16-33-24-27-26-23(21-8-4-13-32-21)28(24)15-17-6-2-1-3-7-17/h1-4,6-10,13-14H,5,11-12,15-16H2,(H,25,29). The first-order chi connectivity index (χ1) is 16.3. The Morgan fingerprint density at radius 1 is 1.03 bits per heavy atom. The number of rotatable bonds is 7. The Morgan fingerprint density at radius 3 is 2.70 bits per heavy atom. The van der Waals surface area contributed by atoms with Crippen LogP contribution in [0.25, 0.3) is 10.7 Å². The van der Waals surface area contributed by atoms with Crippen LogP contribution >= 0.6 is 23.1 Å². The SMILES string of the molecule is O=C(CSc1nnc(-c2cccs2)n1Cc1ccccc1)Nc1ccc2c(c1)OCCCO2. The van der Waals surface area contributed by atoms with Gasteiger partial charge in [-0.25, -0.2) is 0 Å². The Hall–Kier alpha value is -3.30. The highest BCUT2D eigenvalue weighted by molar-refractivity contribution is 7.99. The number of benzene rings is 2. The van der Waals surface area contributed by atoms with Crippen LogP contribution in [0.2, 0.25) is 0 Å². The Labute approximate surface area is 199 Å². The van der Waals surface area contributed by atoms with Gasteiger partial charge in [-0.3, -0.25) is 9.36 Å². The predicted octanol–water partition coefficient (Wildman–Crippen LogP) is 4.95. The maximum absolute atomic E-state index is 12.7. The summed E-state index contributed by atoms with van der Waals surface area (Å²) in [5.41, 5.74) is 1.82. The molecule has 0 atom stereocenters. The molecule has 0 unspecified atom stereocenters. The lowest BCUT2D eigenvalue weighted by Gasteiger charge is -2.11. The van der Waals surface area contributed by atoms with E-state index in [0.717, 1.165) is 22.7 Å². The van der Waals surface area contributed by atoms with Crippen LogP contribution in [0.5, 0.6) is 11.5 Å². The van der Waals surface area contributed by atoms with Crippen molar-refractivity contribution in [3.63, 3.8) is 0 Å². The third-order valence-corrected chi connectivity index (χ3v) is 6.84. The molecule has 1 aliphatic rings. The Morgan fingerprint density at radius 2 is 1.88 bits per heavy atom. The maximum atomic E-state index is 12.7. The number of thioether (sulfide) groups is 1. The number of nitrogens with zero attached hydrogens (tertiary/aromatic N) is 3. The van der Waals surface area contributed by atoms with Crippen LogP contribution in [0.1, 0.15) is 12.0 Å². The van der Waals surface area contributed by atoms with Crippen molar-refractivity contribution in [2.24, 2.45) is 0 Å². The number of ether oxygens (including phenoxy) is 2. The van der Waals surface area contributed by atoms with Gasteiger partial charge in [0.1, 0.15) is 0 Å². The molecule has 4 aromatic rings. The van der Waals surface area contributed by atoms with Crippen molar-refractivity contribution in [3.8, 4) is 22.2 Å². The molecule has 2 aromatic carbocycles. The number of hydrogen-bond acceptors (Lipinski definition) is 7. The molecule has 33 heavy (non-hydrogen) atoms. The second-order valence-corrected chi connectivity index (χ2v) is 9.29. The first-order valence-corrected chi connectivity index (χ1v) is 12.5. The smallest absolute Gasteiger partial charge is 0.234 e. The fraction of sp³-hybridized carbons (Fsp3) is 0.208. The van der Waals surface area contributed by atoms with Crippen LogP contribution in [0, 0.1) is 0 Å². The van der Waals surface area contributed by atoms with E-state index in [1.54, 1.807) is 17.4 Å². The molecular weight excluding hydrogens is 456 g/mol. The van der Waals surface area contributed by atoms with Gasteiger partial charge in [0.05, 0.1) is 30.4 Å². The minimum absolute atomic E-state index is 0.124. The van der Waals surface area contributed by atoms with Crippen molar-refractivity contribution in [2.75, 3.05) is 24.3 Å². The van der Waals surface area contributed by atoms with Gasteiger partial charge in [0.15, 0.2) is 22.5 Å². The van der Waals surface area contributed by atoms with Crippen molar-refractivity contribution in [3.05, 3.63) is 71.6 Å². The fourth-order valence-electron chi connectivity index (χ4n) is 3.46. The minimum atomic E-state index is -0.124. The first kappa shape index (κ1) is 21.5. The van der Waals surface area contributed by atoms with E-state index in [1.807, 2.05) is 47.8 Å². The van der Waals surface area contributed by atoms with E-state index >= 15 is 0 Å². The van der Waals surface area contributed by atoms with Gasteiger partial charge in [-0.1, -0.05) is 48.2 Å². The number of carbonyl (C=O) groups is 1. The fourth-order valence-corrected chi connectivity index (χ4v) is 4.92. The third kappa shape index (κ3) is 5.20. The van der Waals surface area contributed by atoms with Crippen molar-refractivity contribution >= 4 is 34.7 Å². The van der Waals surface area contributed by atoms with Crippen LogP contribution in [-0.4, -0.2) is 39.6 Å². The number of carbonyl (C=O) groups excluding carboxylic acids is 1. The molecule has 7 nitrogen and oxygen atoms in total. The van der Waals surface area contributed by atoms with E-state index in [1.165, 1.54) is 11.8 Å². The number of hydrogen-bond donors (Lipinski definition) is 1. The average Bonchev–Trinajstić information content (AvgIpc) is 3.43. The Bertz CT molecular complexity index is 1230. The van der Waals surface area contributed by atoms with Crippen molar-refractivity contribution in [2.45, 2.75) is 18.1 Å². The topological polar surface area (TPSA) is 78.3 Å². The van der Waals surface area contributed by atoms with E-state index in [0.29, 0.717) is 42.1 Å². The summed E-state index contributed by atoms with van der Waals surface area (Å²) >= 11 is 2.99. The van der Waals surface area contributed by atoms with Gasteiger partial charge in [-0.2, -0.15) is 0 Å². The van der Waals surface area contributed by atoms with Crippen molar-refractivity contribution < 1.29 is 14.3 Å². The lowest BCUT2D eigenvalue weighted by molar-refractivity contribution is -0.113. The molecule has 0 saturated carbocycles. The van der Waals surface area contributed by atoms with Gasteiger partial charge in [0, 0.05) is 18.2 Å². The molecule has 0 bridgehead atoms.